The van der Waals surface area contributed by atoms with Crippen LogP contribution in [0.15, 0.2) is 17.1 Å². The zero-order valence-corrected chi connectivity index (χ0v) is 11.5. The summed E-state index contributed by atoms with van der Waals surface area (Å²) < 4.78 is 6.61. The summed E-state index contributed by atoms with van der Waals surface area (Å²) >= 11 is 4.65. The molecule has 8 nitrogen and oxygen atoms in total. The van der Waals surface area contributed by atoms with Crippen LogP contribution in [0.3, 0.4) is 0 Å². The molecular weight excluding hydrogens is 293 g/mol. The number of nitrogen functional groups attached to an aromatic ring is 1. The lowest BCUT2D eigenvalue weighted by Gasteiger charge is -2.19. The Morgan fingerprint density at radius 3 is 2.79 bits per heavy atom. The van der Waals surface area contributed by atoms with Gasteiger partial charge in [0.15, 0.2) is 6.49 Å². The van der Waals surface area contributed by atoms with Crippen molar-refractivity contribution in [3.8, 4) is 0 Å². The summed E-state index contributed by atoms with van der Waals surface area (Å²) in [7, 11) is 0. The van der Waals surface area contributed by atoms with Gasteiger partial charge in [-0.1, -0.05) is 0 Å². The van der Waals surface area contributed by atoms with Crippen molar-refractivity contribution in [2.24, 2.45) is 0 Å². The van der Waals surface area contributed by atoms with E-state index in [-0.39, 0.29) is 12.2 Å². The molecule has 106 valence electrons. The first-order valence-electron chi connectivity index (χ1n) is 5.49. The van der Waals surface area contributed by atoms with Gasteiger partial charge in [0.25, 0.3) is 0 Å². The molecule has 1 aromatic rings. The molecule has 0 spiro atoms. The molecule has 10 heteroatoms. The predicted molar refractivity (Wildman–Crippen MR) is 71.0 cm³/mol. The maximum absolute atomic E-state index is 11.7. The van der Waals surface area contributed by atoms with Crippen molar-refractivity contribution in [3.63, 3.8) is 0 Å². The maximum Gasteiger partial charge on any atom is 0.351 e. The van der Waals surface area contributed by atoms with Gasteiger partial charge in [0, 0.05) is 12.6 Å². The molecule has 0 amide bonds. The lowest BCUT2D eigenvalue weighted by Crippen LogP contribution is -2.28. The number of rotatable bonds is 3. The molecule has 0 bridgehead atoms. The predicted octanol–water partition coefficient (Wildman–Crippen LogP) is -1.23. The number of ether oxygens (including phenoxy) is 1. The van der Waals surface area contributed by atoms with Gasteiger partial charge in [-0.05, 0) is 17.9 Å². The number of anilines is 1. The average Bonchev–Trinajstić information content (AvgIpc) is 2.72. The molecule has 0 aromatic carbocycles. The maximum atomic E-state index is 11.7. The number of hydrogen-bond acceptors (Lipinski definition) is 6. The van der Waals surface area contributed by atoms with E-state index in [4.69, 9.17) is 10.5 Å². The van der Waals surface area contributed by atoms with Crippen molar-refractivity contribution in [1.82, 2.24) is 9.55 Å². The topological polar surface area (TPSA) is 131 Å². The van der Waals surface area contributed by atoms with Crippen molar-refractivity contribution in [3.05, 3.63) is 22.7 Å². The van der Waals surface area contributed by atoms with Gasteiger partial charge in [-0.25, -0.2) is 4.79 Å². The van der Waals surface area contributed by atoms with Gasteiger partial charge in [0.1, 0.15) is 12.0 Å². The molecule has 0 unspecified atom stereocenters. The Balaban J connectivity index is 2.29. The molecule has 1 aliphatic rings. The number of nitrogens with zero attached hydrogens (tertiary/aromatic N) is 2. The Bertz CT molecular complexity index is 573. The largest absolute Gasteiger partial charge is 0.394 e. The minimum atomic E-state index is -3.58. The third-order valence-corrected chi connectivity index (χ3v) is 5.20. The van der Waals surface area contributed by atoms with Crippen LogP contribution in [-0.4, -0.2) is 42.8 Å². The van der Waals surface area contributed by atoms with E-state index in [1.54, 1.807) is 0 Å². The van der Waals surface area contributed by atoms with Crippen LogP contribution in [0.4, 0.5) is 5.82 Å². The summed E-state index contributed by atoms with van der Waals surface area (Å²) in [5.74, 6) is 0.0870. The first-order valence-corrected chi connectivity index (χ1v) is 8.27. The third kappa shape index (κ3) is 3.02. The minimum Gasteiger partial charge on any atom is -0.394 e. The lowest BCUT2D eigenvalue weighted by molar-refractivity contribution is -0.0244. The molecule has 1 aromatic heterocycles. The van der Waals surface area contributed by atoms with Crippen molar-refractivity contribution in [1.29, 1.82) is 0 Å². The molecular formula is C9H14N3O5PS. The van der Waals surface area contributed by atoms with Crippen molar-refractivity contribution >= 4 is 24.1 Å². The third-order valence-electron chi connectivity index (χ3n) is 2.98. The van der Waals surface area contributed by atoms with Crippen LogP contribution in [0.1, 0.15) is 12.6 Å². The zero-order valence-electron chi connectivity index (χ0n) is 9.79. The van der Waals surface area contributed by atoms with E-state index < -0.39 is 36.8 Å². The van der Waals surface area contributed by atoms with Crippen LogP contribution in [0.25, 0.3) is 0 Å². The van der Waals surface area contributed by atoms with Crippen LogP contribution < -0.4 is 11.4 Å². The molecule has 2 rings (SSSR count). The Labute approximate surface area is 113 Å². The Morgan fingerprint density at radius 1 is 1.63 bits per heavy atom. The molecule has 5 N–H and O–H groups in total. The minimum absolute atomic E-state index is 0.0870. The number of nitrogens with two attached hydrogens (primary N) is 1. The van der Waals surface area contributed by atoms with Gasteiger partial charge in [-0.3, -0.25) is 4.57 Å². The Morgan fingerprint density at radius 2 is 2.32 bits per heavy atom. The van der Waals surface area contributed by atoms with E-state index in [1.165, 1.54) is 16.8 Å². The second kappa shape index (κ2) is 5.28. The van der Waals surface area contributed by atoms with Crippen LogP contribution >= 0.6 is 6.49 Å². The summed E-state index contributed by atoms with van der Waals surface area (Å²) in [6.07, 6.45) is -0.0227. The highest BCUT2D eigenvalue weighted by molar-refractivity contribution is 8.09. The van der Waals surface area contributed by atoms with Crippen molar-refractivity contribution < 1.29 is 19.6 Å². The van der Waals surface area contributed by atoms with E-state index in [1.807, 2.05) is 0 Å². The average molecular weight is 307 g/mol. The van der Waals surface area contributed by atoms with Crippen LogP contribution in [0, 0.1) is 0 Å². The molecule has 0 aliphatic carbocycles. The second-order valence-electron chi connectivity index (χ2n) is 4.25. The standard InChI is InChI=1S/C9H14N3O5PS/c10-7-1-2-12(9(14)11-7)8-3-6(18(15,16)19)5(4-13)17-8/h1-2,5-6,8,13H,3-4H2,(H2,10,11,14)(H2,15,16,19)/t5-,6+,8-/m1/s1. The molecule has 2 heterocycles. The highest BCUT2D eigenvalue weighted by Gasteiger charge is 2.43. The first kappa shape index (κ1) is 14.6. The first-order chi connectivity index (χ1) is 8.82. The second-order valence-corrected chi connectivity index (χ2v) is 7.70. The van der Waals surface area contributed by atoms with Crippen LogP contribution in [0.2, 0.25) is 0 Å². The van der Waals surface area contributed by atoms with Crippen LogP contribution in [0.5, 0.6) is 0 Å². The summed E-state index contributed by atoms with van der Waals surface area (Å²) in [6.45, 7) is -3.99. The molecule has 3 atom stereocenters. The quantitative estimate of drug-likeness (QED) is 0.510. The van der Waals surface area contributed by atoms with E-state index in [9.17, 15) is 19.7 Å². The SMILES string of the molecule is Nc1ccn([C@H]2C[C@H](P(O)(O)=S)[C@@H](CO)O2)c(=O)n1. The zero-order chi connectivity index (χ0) is 14.2. The van der Waals surface area contributed by atoms with E-state index in [0.29, 0.717) is 0 Å². The summed E-state index contributed by atoms with van der Waals surface area (Å²) in [5, 5.41) is 9.18. The van der Waals surface area contributed by atoms with Gasteiger partial charge >= 0.3 is 5.69 Å². The fraction of sp³-hybridized carbons (Fsp3) is 0.556. The van der Waals surface area contributed by atoms with Gasteiger partial charge in [0.2, 0.25) is 0 Å². The van der Waals surface area contributed by atoms with Gasteiger partial charge in [0.05, 0.1) is 18.4 Å². The molecule has 1 fully saturated rings. The van der Waals surface area contributed by atoms with Crippen LogP contribution in [-0.2, 0) is 16.5 Å². The monoisotopic (exact) mass is 307 g/mol. The number of hydrogen-bond donors (Lipinski definition) is 4. The summed E-state index contributed by atoms with van der Waals surface area (Å²) in [5.41, 5.74) is 4.00. The molecule has 1 saturated heterocycles. The van der Waals surface area contributed by atoms with Gasteiger partial charge in [-0.2, -0.15) is 4.98 Å². The van der Waals surface area contributed by atoms with Gasteiger partial charge in [-0.15, -0.1) is 0 Å². The lowest BCUT2D eigenvalue weighted by atomic mass is 10.2. The number of aliphatic hydroxyl groups excluding tert-OH is 1. The fourth-order valence-electron chi connectivity index (χ4n) is 2.05. The number of aliphatic hydroxyl groups is 1. The highest BCUT2D eigenvalue weighted by Crippen LogP contribution is 2.51. The van der Waals surface area contributed by atoms with Gasteiger partial charge < -0.3 is 25.4 Å². The molecule has 19 heavy (non-hydrogen) atoms. The fourth-order valence-corrected chi connectivity index (χ4v) is 3.77. The Hall–Kier alpha value is -0.830. The van der Waals surface area contributed by atoms with Crippen molar-refractivity contribution in [2.45, 2.75) is 24.4 Å². The van der Waals surface area contributed by atoms with Crippen molar-refractivity contribution in [2.75, 3.05) is 12.3 Å². The molecule has 0 radical (unpaired) electrons. The number of aromatic nitrogens is 2. The highest BCUT2D eigenvalue weighted by atomic mass is 32.5. The summed E-state index contributed by atoms with van der Waals surface area (Å²) in [6, 6.07) is 1.43. The van der Waals surface area contributed by atoms with E-state index in [2.05, 4.69) is 16.8 Å². The van der Waals surface area contributed by atoms with E-state index in [0.717, 1.165) is 0 Å². The molecule has 0 saturated carbocycles. The van der Waals surface area contributed by atoms with E-state index >= 15 is 0 Å². The molecule has 1 aliphatic heterocycles. The normalized spacial score (nSPS) is 27.6. The Kier molecular flexibility index (Phi) is 4.05. The summed E-state index contributed by atoms with van der Waals surface area (Å²) in [4.78, 5) is 34.4. The smallest absolute Gasteiger partial charge is 0.351 e.